The molecule has 0 saturated heterocycles. The van der Waals surface area contributed by atoms with Crippen LogP contribution in [0.4, 0.5) is 11.4 Å². The Hall–Kier alpha value is -2.46. The second-order valence-corrected chi connectivity index (χ2v) is 6.30. The Bertz CT molecular complexity index is 920. The van der Waals surface area contributed by atoms with Crippen molar-refractivity contribution in [2.24, 2.45) is 0 Å². The fraction of sp³-hybridized carbons (Fsp3) is 0.0556. The van der Waals surface area contributed by atoms with Gasteiger partial charge in [-0.3, -0.25) is 9.69 Å². The molecular formula is C18H13NO2S. The van der Waals surface area contributed by atoms with Gasteiger partial charge in [-0.1, -0.05) is 48.2 Å². The minimum Gasteiger partial charge on any atom is -0.507 e. The summed E-state index contributed by atoms with van der Waals surface area (Å²) in [5, 5.41) is 11.9. The third kappa shape index (κ3) is 1.81. The summed E-state index contributed by atoms with van der Waals surface area (Å²) in [6, 6.07) is 17.2. The van der Waals surface area contributed by atoms with E-state index in [0.717, 1.165) is 31.9 Å². The number of fused-ring (bicyclic) bond motifs is 4. The van der Waals surface area contributed by atoms with Crippen molar-refractivity contribution in [3.63, 3.8) is 0 Å². The van der Waals surface area contributed by atoms with Gasteiger partial charge in [0, 0.05) is 27.5 Å². The highest BCUT2D eigenvalue weighted by Gasteiger charge is 2.28. The molecule has 4 rings (SSSR count). The number of hydrogen-bond donors (Lipinski definition) is 1. The van der Waals surface area contributed by atoms with Gasteiger partial charge in [-0.05, 0) is 18.2 Å². The lowest BCUT2D eigenvalue weighted by molar-refractivity contribution is -0.115. The van der Waals surface area contributed by atoms with Gasteiger partial charge in [-0.15, -0.1) is 0 Å². The zero-order valence-electron chi connectivity index (χ0n) is 11.9. The van der Waals surface area contributed by atoms with Gasteiger partial charge in [0.05, 0.1) is 11.4 Å². The summed E-state index contributed by atoms with van der Waals surface area (Å²) in [7, 11) is 0. The van der Waals surface area contributed by atoms with E-state index in [1.807, 2.05) is 48.5 Å². The Morgan fingerprint density at radius 3 is 2.45 bits per heavy atom. The van der Waals surface area contributed by atoms with Gasteiger partial charge in [0.2, 0.25) is 5.91 Å². The maximum absolute atomic E-state index is 12.3. The standard InChI is InChI=1S/C18H13NO2S/c1-11(20)19-14-8-4-5-9-16(14)22-17-10-15(21)12-6-2-3-7-13(12)18(17)19/h2-10,21H,1H3. The van der Waals surface area contributed by atoms with Crippen LogP contribution in [0.3, 0.4) is 0 Å². The van der Waals surface area contributed by atoms with Crippen molar-refractivity contribution in [3.05, 3.63) is 54.6 Å². The Kier molecular flexibility index (Phi) is 2.87. The Balaban J connectivity index is 2.11. The molecule has 0 atom stereocenters. The van der Waals surface area contributed by atoms with Crippen LogP contribution in [0.25, 0.3) is 10.8 Å². The normalized spacial score (nSPS) is 12.9. The average molecular weight is 307 g/mol. The van der Waals surface area contributed by atoms with E-state index >= 15 is 0 Å². The monoisotopic (exact) mass is 307 g/mol. The molecule has 1 aliphatic heterocycles. The molecule has 0 spiro atoms. The van der Waals surface area contributed by atoms with E-state index in [2.05, 4.69) is 0 Å². The molecule has 0 aromatic heterocycles. The van der Waals surface area contributed by atoms with Crippen LogP contribution in [0.15, 0.2) is 64.4 Å². The van der Waals surface area contributed by atoms with E-state index in [1.165, 1.54) is 0 Å². The number of para-hydroxylation sites is 1. The molecule has 3 aromatic carbocycles. The number of amides is 1. The maximum Gasteiger partial charge on any atom is 0.228 e. The zero-order chi connectivity index (χ0) is 15.3. The minimum absolute atomic E-state index is 0.0372. The zero-order valence-corrected chi connectivity index (χ0v) is 12.7. The smallest absolute Gasteiger partial charge is 0.228 e. The number of carbonyl (C=O) groups is 1. The molecule has 0 aliphatic carbocycles. The molecule has 22 heavy (non-hydrogen) atoms. The summed E-state index contributed by atoms with van der Waals surface area (Å²) in [6.45, 7) is 1.57. The van der Waals surface area contributed by atoms with E-state index in [4.69, 9.17) is 0 Å². The van der Waals surface area contributed by atoms with Crippen molar-refractivity contribution in [2.75, 3.05) is 4.90 Å². The number of carbonyl (C=O) groups excluding carboxylic acids is 1. The summed E-state index contributed by atoms with van der Waals surface area (Å²) in [5.74, 6) is 0.203. The van der Waals surface area contributed by atoms with Gasteiger partial charge in [-0.2, -0.15) is 0 Å². The fourth-order valence-corrected chi connectivity index (χ4v) is 4.03. The van der Waals surface area contributed by atoms with Crippen LogP contribution in [-0.2, 0) is 4.79 Å². The molecule has 4 heteroatoms. The molecule has 1 amide bonds. The highest BCUT2D eigenvalue weighted by Crippen LogP contribution is 2.52. The number of phenols is 1. The number of hydrogen-bond acceptors (Lipinski definition) is 3. The Morgan fingerprint density at radius 2 is 1.68 bits per heavy atom. The number of anilines is 2. The van der Waals surface area contributed by atoms with Gasteiger partial charge < -0.3 is 5.11 Å². The molecule has 1 aliphatic rings. The highest BCUT2D eigenvalue weighted by atomic mass is 32.2. The highest BCUT2D eigenvalue weighted by molar-refractivity contribution is 7.99. The number of nitrogens with zero attached hydrogens (tertiary/aromatic N) is 1. The fourth-order valence-electron chi connectivity index (χ4n) is 2.92. The topological polar surface area (TPSA) is 40.5 Å². The van der Waals surface area contributed by atoms with Gasteiger partial charge in [-0.25, -0.2) is 0 Å². The maximum atomic E-state index is 12.3. The summed E-state index contributed by atoms with van der Waals surface area (Å²) < 4.78 is 0. The SMILES string of the molecule is CC(=O)N1c2ccccc2Sc2cc(O)c3ccccc3c21. The first-order valence-corrected chi connectivity index (χ1v) is 7.81. The first-order chi connectivity index (χ1) is 10.7. The van der Waals surface area contributed by atoms with Crippen LogP contribution in [0.5, 0.6) is 5.75 Å². The van der Waals surface area contributed by atoms with Crippen molar-refractivity contribution in [3.8, 4) is 5.75 Å². The molecule has 0 fully saturated rings. The minimum atomic E-state index is -0.0372. The van der Waals surface area contributed by atoms with Gasteiger partial charge in [0.25, 0.3) is 0 Å². The van der Waals surface area contributed by atoms with Crippen LogP contribution in [0.2, 0.25) is 0 Å². The molecule has 0 saturated carbocycles. The lowest BCUT2D eigenvalue weighted by Crippen LogP contribution is -2.26. The lowest BCUT2D eigenvalue weighted by Gasteiger charge is -2.31. The van der Waals surface area contributed by atoms with E-state index < -0.39 is 0 Å². The number of aromatic hydroxyl groups is 1. The summed E-state index contributed by atoms with van der Waals surface area (Å²) in [4.78, 5) is 16.0. The van der Waals surface area contributed by atoms with E-state index in [-0.39, 0.29) is 11.7 Å². The molecule has 1 N–H and O–H groups in total. The van der Waals surface area contributed by atoms with Crippen molar-refractivity contribution < 1.29 is 9.90 Å². The molecule has 0 radical (unpaired) electrons. The molecule has 3 aromatic rings. The van der Waals surface area contributed by atoms with Crippen molar-refractivity contribution in [1.82, 2.24) is 0 Å². The lowest BCUT2D eigenvalue weighted by atomic mass is 10.1. The number of benzene rings is 3. The third-order valence-electron chi connectivity index (χ3n) is 3.82. The largest absolute Gasteiger partial charge is 0.507 e. The summed E-state index contributed by atoms with van der Waals surface area (Å²) in [6.07, 6.45) is 0. The Labute approximate surface area is 132 Å². The van der Waals surface area contributed by atoms with E-state index in [0.29, 0.717) is 0 Å². The van der Waals surface area contributed by atoms with Crippen LogP contribution < -0.4 is 4.90 Å². The second kappa shape index (κ2) is 4.78. The first kappa shape index (κ1) is 13.2. The second-order valence-electron chi connectivity index (χ2n) is 5.21. The predicted molar refractivity (Wildman–Crippen MR) is 89.0 cm³/mol. The van der Waals surface area contributed by atoms with Crippen molar-refractivity contribution >= 4 is 39.8 Å². The van der Waals surface area contributed by atoms with Crippen LogP contribution in [0.1, 0.15) is 6.92 Å². The van der Waals surface area contributed by atoms with Crippen molar-refractivity contribution in [2.45, 2.75) is 16.7 Å². The molecule has 1 heterocycles. The summed E-state index contributed by atoms with van der Waals surface area (Å²) in [5.41, 5.74) is 1.74. The van der Waals surface area contributed by atoms with E-state index in [9.17, 15) is 9.90 Å². The van der Waals surface area contributed by atoms with E-state index in [1.54, 1.807) is 29.7 Å². The van der Waals surface area contributed by atoms with Gasteiger partial charge >= 0.3 is 0 Å². The van der Waals surface area contributed by atoms with Crippen LogP contribution in [0, 0.1) is 0 Å². The van der Waals surface area contributed by atoms with Crippen LogP contribution >= 0.6 is 11.8 Å². The molecular weight excluding hydrogens is 294 g/mol. The van der Waals surface area contributed by atoms with Crippen molar-refractivity contribution in [1.29, 1.82) is 0 Å². The first-order valence-electron chi connectivity index (χ1n) is 6.99. The molecule has 3 nitrogen and oxygen atoms in total. The molecule has 0 bridgehead atoms. The van der Waals surface area contributed by atoms with Gasteiger partial charge in [0.15, 0.2) is 0 Å². The molecule has 108 valence electrons. The third-order valence-corrected chi connectivity index (χ3v) is 4.92. The quantitative estimate of drug-likeness (QED) is 0.654. The summed E-state index contributed by atoms with van der Waals surface area (Å²) >= 11 is 1.58. The van der Waals surface area contributed by atoms with Crippen LogP contribution in [-0.4, -0.2) is 11.0 Å². The average Bonchev–Trinajstić information content (AvgIpc) is 2.53. The molecule has 0 unspecified atom stereocenters. The van der Waals surface area contributed by atoms with Gasteiger partial charge in [0.1, 0.15) is 5.75 Å². The number of phenolic OH excluding ortho intramolecular Hbond substituents is 1. The predicted octanol–water partition coefficient (Wildman–Crippen LogP) is 4.69. The Morgan fingerprint density at radius 1 is 1.00 bits per heavy atom. The number of rotatable bonds is 0.